The number of hydrogen-bond donors (Lipinski definition) is 1. The molecule has 2 nitrogen and oxygen atoms in total. The summed E-state index contributed by atoms with van der Waals surface area (Å²) in [6.07, 6.45) is 4.11. The minimum absolute atomic E-state index is 0.346. The molecule has 0 heterocycles. The Kier molecular flexibility index (Phi) is 6.04. The van der Waals surface area contributed by atoms with Gasteiger partial charge in [0, 0.05) is 6.04 Å². The van der Waals surface area contributed by atoms with Crippen LogP contribution in [0.3, 0.4) is 0 Å². The molecule has 0 aliphatic heterocycles. The number of hydrogen-bond acceptors (Lipinski definition) is 2. The lowest BCUT2D eigenvalue weighted by Crippen LogP contribution is -2.17. The van der Waals surface area contributed by atoms with Crippen molar-refractivity contribution in [2.45, 2.75) is 19.9 Å². The summed E-state index contributed by atoms with van der Waals surface area (Å²) < 4.78 is 5.78. The summed E-state index contributed by atoms with van der Waals surface area (Å²) >= 11 is 0. The lowest BCUT2D eigenvalue weighted by atomic mass is 10.1. The first kappa shape index (κ1) is 15.3. The predicted molar refractivity (Wildman–Crippen MR) is 89.5 cm³/mol. The van der Waals surface area contributed by atoms with Crippen LogP contribution in [0.15, 0.2) is 60.7 Å². The maximum atomic E-state index is 5.78. The van der Waals surface area contributed by atoms with E-state index in [4.69, 9.17) is 4.74 Å². The topological polar surface area (TPSA) is 21.3 Å². The zero-order chi connectivity index (χ0) is 14.9. The molecule has 1 atom stereocenters. The number of benzene rings is 2. The van der Waals surface area contributed by atoms with Crippen LogP contribution in [0.5, 0.6) is 5.75 Å². The van der Waals surface area contributed by atoms with Crippen LogP contribution in [0.2, 0.25) is 0 Å². The van der Waals surface area contributed by atoms with E-state index in [1.54, 1.807) is 0 Å². The molecule has 1 unspecified atom stereocenters. The molecule has 0 aliphatic carbocycles. The average molecular weight is 281 g/mol. The van der Waals surface area contributed by atoms with Crippen molar-refractivity contribution in [3.8, 4) is 5.75 Å². The molecular formula is C19H23NO. The van der Waals surface area contributed by atoms with E-state index < -0.39 is 0 Å². The second-order valence-electron chi connectivity index (χ2n) is 4.98. The third kappa shape index (κ3) is 5.09. The molecule has 1 N–H and O–H groups in total. The van der Waals surface area contributed by atoms with E-state index in [0.717, 1.165) is 12.3 Å². The Balaban J connectivity index is 1.88. The first-order valence-electron chi connectivity index (χ1n) is 7.47. The van der Waals surface area contributed by atoms with E-state index in [1.807, 2.05) is 36.4 Å². The molecule has 2 heteroatoms. The molecule has 0 spiro atoms. The zero-order valence-corrected chi connectivity index (χ0v) is 12.8. The highest BCUT2D eigenvalue weighted by Gasteiger charge is 2.04. The lowest BCUT2D eigenvalue weighted by Gasteiger charge is -2.13. The summed E-state index contributed by atoms with van der Waals surface area (Å²) in [4.78, 5) is 0. The normalized spacial score (nSPS) is 12.5. The summed E-state index contributed by atoms with van der Waals surface area (Å²) in [5.41, 5.74) is 2.44. The Morgan fingerprint density at radius 2 is 1.90 bits per heavy atom. The molecule has 21 heavy (non-hydrogen) atoms. The molecule has 0 saturated carbocycles. The van der Waals surface area contributed by atoms with Gasteiger partial charge in [-0.3, -0.25) is 0 Å². The van der Waals surface area contributed by atoms with Crippen LogP contribution in [0.25, 0.3) is 6.08 Å². The fourth-order valence-electron chi connectivity index (χ4n) is 2.19. The van der Waals surface area contributed by atoms with Crippen molar-refractivity contribution >= 4 is 6.08 Å². The molecule has 0 aromatic heterocycles. The molecule has 2 aromatic rings. The molecule has 0 fully saturated rings. The fraction of sp³-hybridized carbons (Fsp3) is 0.263. The zero-order valence-electron chi connectivity index (χ0n) is 12.8. The summed E-state index contributed by atoms with van der Waals surface area (Å²) in [6.45, 7) is 5.82. The smallest absolute Gasteiger partial charge is 0.120 e. The minimum Gasteiger partial charge on any atom is -0.490 e. The maximum absolute atomic E-state index is 5.78. The van der Waals surface area contributed by atoms with Gasteiger partial charge in [-0.05, 0) is 42.8 Å². The SMILES string of the molecule is CCNC(C)c1cccc(OC/C=C/c2ccccc2)c1. The van der Waals surface area contributed by atoms with Crippen LogP contribution in [-0.4, -0.2) is 13.2 Å². The molecule has 0 radical (unpaired) electrons. The largest absolute Gasteiger partial charge is 0.490 e. The molecule has 2 rings (SSSR count). The van der Waals surface area contributed by atoms with Gasteiger partial charge in [-0.15, -0.1) is 0 Å². The van der Waals surface area contributed by atoms with Gasteiger partial charge in [0.25, 0.3) is 0 Å². The van der Waals surface area contributed by atoms with Crippen molar-refractivity contribution in [3.63, 3.8) is 0 Å². The van der Waals surface area contributed by atoms with E-state index in [1.165, 1.54) is 11.1 Å². The molecule has 0 saturated heterocycles. The van der Waals surface area contributed by atoms with Crippen molar-refractivity contribution < 1.29 is 4.74 Å². The van der Waals surface area contributed by atoms with Crippen LogP contribution in [0, 0.1) is 0 Å². The van der Waals surface area contributed by atoms with Gasteiger partial charge >= 0.3 is 0 Å². The Bertz CT molecular complexity index is 563. The second-order valence-corrected chi connectivity index (χ2v) is 4.98. The highest BCUT2D eigenvalue weighted by Crippen LogP contribution is 2.19. The maximum Gasteiger partial charge on any atom is 0.120 e. The highest BCUT2D eigenvalue weighted by molar-refractivity contribution is 5.48. The van der Waals surface area contributed by atoms with Crippen LogP contribution in [-0.2, 0) is 0 Å². The predicted octanol–water partition coefficient (Wildman–Crippen LogP) is 4.45. The molecule has 0 amide bonds. The quantitative estimate of drug-likeness (QED) is 0.809. The Labute approximate surface area is 127 Å². The molecule has 110 valence electrons. The number of rotatable bonds is 7. The van der Waals surface area contributed by atoms with Gasteiger partial charge in [0.2, 0.25) is 0 Å². The number of nitrogens with one attached hydrogen (secondary N) is 1. The number of ether oxygens (including phenoxy) is 1. The van der Waals surface area contributed by atoms with Gasteiger partial charge in [0.15, 0.2) is 0 Å². The van der Waals surface area contributed by atoms with E-state index in [2.05, 4.69) is 49.5 Å². The fourth-order valence-corrected chi connectivity index (χ4v) is 2.19. The Hall–Kier alpha value is -2.06. The van der Waals surface area contributed by atoms with Crippen molar-refractivity contribution in [1.82, 2.24) is 5.32 Å². The minimum atomic E-state index is 0.346. The second kappa shape index (κ2) is 8.28. The third-order valence-corrected chi connectivity index (χ3v) is 3.32. The van der Waals surface area contributed by atoms with Crippen molar-refractivity contribution in [1.29, 1.82) is 0 Å². The van der Waals surface area contributed by atoms with Gasteiger partial charge in [-0.1, -0.05) is 55.5 Å². The van der Waals surface area contributed by atoms with Crippen LogP contribution >= 0.6 is 0 Å². The van der Waals surface area contributed by atoms with E-state index in [0.29, 0.717) is 12.6 Å². The van der Waals surface area contributed by atoms with Gasteiger partial charge < -0.3 is 10.1 Å². The summed E-state index contributed by atoms with van der Waals surface area (Å²) in [6, 6.07) is 18.9. The molecule has 0 bridgehead atoms. The monoisotopic (exact) mass is 281 g/mol. The van der Waals surface area contributed by atoms with Crippen LogP contribution in [0.4, 0.5) is 0 Å². The van der Waals surface area contributed by atoms with E-state index >= 15 is 0 Å². The lowest BCUT2D eigenvalue weighted by molar-refractivity contribution is 0.362. The van der Waals surface area contributed by atoms with Crippen molar-refractivity contribution in [2.75, 3.05) is 13.2 Å². The first-order valence-corrected chi connectivity index (χ1v) is 7.47. The van der Waals surface area contributed by atoms with Crippen LogP contribution in [0.1, 0.15) is 31.0 Å². The standard InChI is InChI=1S/C19H23NO/c1-3-20-16(2)18-12-7-13-19(15-18)21-14-8-11-17-9-5-4-6-10-17/h4-13,15-16,20H,3,14H2,1-2H3/b11-8+. The summed E-state index contributed by atoms with van der Waals surface area (Å²) in [5, 5.41) is 3.41. The third-order valence-electron chi connectivity index (χ3n) is 3.32. The molecule has 0 aliphatic rings. The molecule has 2 aromatic carbocycles. The van der Waals surface area contributed by atoms with E-state index in [9.17, 15) is 0 Å². The van der Waals surface area contributed by atoms with Gasteiger partial charge in [0.1, 0.15) is 12.4 Å². The van der Waals surface area contributed by atoms with Gasteiger partial charge in [0.05, 0.1) is 0 Å². The van der Waals surface area contributed by atoms with E-state index in [-0.39, 0.29) is 0 Å². The summed E-state index contributed by atoms with van der Waals surface area (Å²) in [5.74, 6) is 0.912. The Morgan fingerprint density at radius 3 is 2.67 bits per heavy atom. The van der Waals surface area contributed by atoms with Gasteiger partial charge in [-0.25, -0.2) is 0 Å². The van der Waals surface area contributed by atoms with Crippen molar-refractivity contribution in [2.24, 2.45) is 0 Å². The Morgan fingerprint density at radius 1 is 1.10 bits per heavy atom. The summed E-state index contributed by atoms with van der Waals surface area (Å²) in [7, 11) is 0. The first-order chi connectivity index (χ1) is 10.3. The van der Waals surface area contributed by atoms with Gasteiger partial charge in [-0.2, -0.15) is 0 Å². The average Bonchev–Trinajstić information content (AvgIpc) is 2.53. The van der Waals surface area contributed by atoms with Crippen molar-refractivity contribution in [3.05, 3.63) is 71.8 Å². The van der Waals surface area contributed by atoms with Crippen LogP contribution < -0.4 is 10.1 Å². The molecular weight excluding hydrogens is 258 g/mol. The highest BCUT2D eigenvalue weighted by atomic mass is 16.5.